The monoisotopic (exact) mass is 249 g/mol. The summed E-state index contributed by atoms with van der Waals surface area (Å²) in [6.45, 7) is 0. The average molecular weight is 249 g/mol. The third kappa shape index (κ3) is 1.87. The van der Waals surface area contributed by atoms with Gasteiger partial charge in [0.05, 0.1) is 0 Å². The Balaban J connectivity index is 2.05. The van der Waals surface area contributed by atoms with Crippen molar-refractivity contribution in [2.45, 2.75) is 37.4 Å². The summed E-state index contributed by atoms with van der Waals surface area (Å²) in [5.41, 5.74) is 5.57. The number of hydrogen-bond acceptors (Lipinski definition) is 2. The number of thiophene rings is 1. The van der Waals surface area contributed by atoms with Gasteiger partial charge in [0.2, 0.25) is 0 Å². The van der Waals surface area contributed by atoms with Gasteiger partial charge in [0.15, 0.2) is 0 Å². The third-order valence-corrected chi connectivity index (χ3v) is 4.75. The Morgan fingerprint density at radius 3 is 2.76 bits per heavy atom. The zero-order valence-electron chi connectivity index (χ0n) is 9.66. The van der Waals surface area contributed by atoms with Crippen LogP contribution in [-0.2, 0) is 5.67 Å². The number of benzene rings is 1. The molecule has 0 unspecified atom stereocenters. The quantitative estimate of drug-likeness (QED) is 0.813. The summed E-state index contributed by atoms with van der Waals surface area (Å²) in [6.07, 6.45) is 2.70. The Morgan fingerprint density at radius 2 is 2.00 bits per heavy atom. The SMILES string of the molecule is NC1CCC(F)(c2cccc3ccsc23)CC1. The van der Waals surface area contributed by atoms with Gasteiger partial charge in [-0.15, -0.1) is 11.3 Å². The van der Waals surface area contributed by atoms with Crippen LogP contribution in [0.4, 0.5) is 4.39 Å². The molecule has 1 aliphatic rings. The average Bonchev–Trinajstić information content (AvgIpc) is 2.81. The number of halogens is 1. The van der Waals surface area contributed by atoms with Crippen LogP contribution in [0.1, 0.15) is 31.2 Å². The Labute approximate surface area is 104 Å². The summed E-state index contributed by atoms with van der Waals surface area (Å²) in [6, 6.07) is 8.19. The van der Waals surface area contributed by atoms with Gasteiger partial charge in [-0.3, -0.25) is 0 Å². The lowest BCUT2D eigenvalue weighted by molar-refractivity contribution is 0.0997. The van der Waals surface area contributed by atoms with E-state index in [0.29, 0.717) is 12.8 Å². The van der Waals surface area contributed by atoms with Gasteiger partial charge >= 0.3 is 0 Å². The van der Waals surface area contributed by atoms with Gasteiger partial charge in [-0.25, -0.2) is 4.39 Å². The molecule has 0 atom stereocenters. The van der Waals surface area contributed by atoms with E-state index in [0.717, 1.165) is 28.5 Å². The Hall–Kier alpha value is -0.930. The second-order valence-corrected chi connectivity index (χ2v) is 5.86. The molecule has 1 aromatic carbocycles. The standard InChI is InChI=1S/C14H16FNS/c15-14(7-4-11(16)5-8-14)12-3-1-2-10-6-9-17-13(10)12/h1-3,6,9,11H,4-5,7-8,16H2. The van der Waals surface area contributed by atoms with Crippen molar-refractivity contribution in [3.05, 3.63) is 35.2 Å². The van der Waals surface area contributed by atoms with Crippen LogP contribution >= 0.6 is 11.3 Å². The van der Waals surface area contributed by atoms with E-state index in [2.05, 4.69) is 6.07 Å². The van der Waals surface area contributed by atoms with Gasteiger partial charge in [-0.05, 0) is 42.5 Å². The van der Waals surface area contributed by atoms with E-state index in [9.17, 15) is 0 Å². The minimum absolute atomic E-state index is 0.182. The van der Waals surface area contributed by atoms with Crippen LogP contribution in [0, 0.1) is 0 Å². The molecule has 1 heterocycles. The van der Waals surface area contributed by atoms with E-state index in [-0.39, 0.29) is 6.04 Å². The number of rotatable bonds is 1. The van der Waals surface area contributed by atoms with Crippen molar-refractivity contribution < 1.29 is 4.39 Å². The molecule has 1 aliphatic carbocycles. The zero-order valence-corrected chi connectivity index (χ0v) is 10.5. The number of alkyl halides is 1. The summed E-state index contributed by atoms with van der Waals surface area (Å²) < 4.78 is 16.1. The van der Waals surface area contributed by atoms with E-state index < -0.39 is 5.67 Å². The number of hydrogen-bond donors (Lipinski definition) is 1. The van der Waals surface area contributed by atoms with Gasteiger partial charge in [0, 0.05) is 16.3 Å². The summed E-state index contributed by atoms with van der Waals surface area (Å²) in [5.74, 6) is 0. The van der Waals surface area contributed by atoms with Gasteiger partial charge in [-0.2, -0.15) is 0 Å². The van der Waals surface area contributed by atoms with Crippen molar-refractivity contribution in [1.82, 2.24) is 0 Å². The fourth-order valence-electron chi connectivity index (χ4n) is 2.71. The molecule has 3 heteroatoms. The molecule has 0 spiro atoms. The largest absolute Gasteiger partial charge is 0.328 e. The molecule has 0 saturated heterocycles. The molecule has 2 aromatic rings. The second kappa shape index (κ2) is 4.07. The van der Waals surface area contributed by atoms with Gasteiger partial charge < -0.3 is 5.73 Å². The topological polar surface area (TPSA) is 26.0 Å². The van der Waals surface area contributed by atoms with Crippen LogP contribution in [0.2, 0.25) is 0 Å². The predicted molar refractivity (Wildman–Crippen MR) is 71.1 cm³/mol. The molecule has 1 nitrogen and oxygen atoms in total. The molecule has 17 heavy (non-hydrogen) atoms. The Morgan fingerprint density at radius 1 is 1.24 bits per heavy atom. The van der Waals surface area contributed by atoms with E-state index in [1.165, 1.54) is 0 Å². The third-order valence-electron chi connectivity index (χ3n) is 3.78. The van der Waals surface area contributed by atoms with Crippen LogP contribution in [0.5, 0.6) is 0 Å². The summed E-state index contributed by atoms with van der Waals surface area (Å²) in [7, 11) is 0. The molecular formula is C14H16FNS. The van der Waals surface area contributed by atoms with Crippen molar-refractivity contribution in [2.24, 2.45) is 5.73 Å². The first kappa shape index (κ1) is 11.2. The van der Waals surface area contributed by atoms with E-state index in [1.54, 1.807) is 11.3 Å². The number of fused-ring (bicyclic) bond motifs is 1. The van der Waals surface area contributed by atoms with Crippen LogP contribution in [0.15, 0.2) is 29.6 Å². The van der Waals surface area contributed by atoms with Crippen LogP contribution in [0.3, 0.4) is 0 Å². The molecule has 0 bridgehead atoms. The minimum Gasteiger partial charge on any atom is -0.328 e. The summed E-state index contributed by atoms with van der Waals surface area (Å²) in [5, 5.41) is 3.19. The van der Waals surface area contributed by atoms with Crippen molar-refractivity contribution in [1.29, 1.82) is 0 Å². The fraction of sp³-hybridized carbons (Fsp3) is 0.429. The first-order valence-electron chi connectivity index (χ1n) is 6.10. The lowest BCUT2D eigenvalue weighted by Gasteiger charge is -2.33. The summed E-state index contributed by atoms with van der Waals surface area (Å²) in [4.78, 5) is 0. The maximum Gasteiger partial charge on any atom is 0.137 e. The van der Waals surface area contributed by atoms with E-state index >= 15 is 4.39 Å². The maximum atomic E-state index is 15.0. The van der Waals surface area contributed by atoms with E-state index in [1.807, 2.05) is 23.6 Å². The lowest BCUT2D eigenvalue weighted by atomic mass is 9.79. The Bertz CT molecular complexity index is 526. The summed E-state index contributed by atoms with van der Waals surface area (Å²) >= 11 is 1.64. The molecule has 3 rings (SSSR count). The fourth-order valence-corrected chi connectivity index (χ4v) is 3.71. The molecule has 1 fully saturated rings. The highest BCUT2D eigenvalue weighted by molar-refractivity contribution is 7.17. The van der Waals surface area contributed by atoms with Crippen molar-refractivity contribution >= 4 is 21.4 Å². The molecule has 1 saturated carbocycles. The Kier molecular flexibility index (Phi) is 2.68. The molecular weight excluding hydrogens is 233 g/mol. The molecule has 0 radical (unpaired) electrons. The highest BCUT2D eigenvalue weighted by Crippen LogP contribution is 2.44. The van der Waals surface area contributed by atoms with Crippen molar-refractivity contribution in [2.75, 3.05) is 0 Å². The maximum absolute atomic E-state index is 15.0. The van der Waals surface area contributed by atoms with E-state index in [4.69, 9.17) is 5.73 Å². The molecule has 0 amide bonds. The van der Waals surface area contributed by atoms with Crippen LogP contribution in [0.25, 0.3) is 10.1 Å². The second-order valence-electron chi connectivity index (χ2n) is 4.95. The molecule has 90 valence electrons. The van der Waals surface area contributed by atoms with Gasteiger partial charge in [-0.1, -0.05) is 18.2 Å². The van der Waals surface area contributed by atoms with Gasteiger partial charge in [0.1, 0.15) is 5.67 Å². The first-order valence-corrected chi connectivity index (χ1v) is 6.98. The van der Waals surface area contributed by atoms with Crippen LogP contribution < -0.4 is 5.73 Å². The molecule has 1 aromatic heterocycles. The normalized spacial score (nSPS) is 29.6. The molecule has 0 aliphatic heterocycles. The highest BCUT2D eigenvalue weighted by atomic mass is 32.1. The van der Waals surface area contributed by atoms with Crippen molar-refractivity contribution in [3.8, 4) is 0 Å². The highest BCUT2D eigenvalue weighted by Gasteiger charge is 2.37. The minimum atomic E-state index is -1.17. The van der Waals surface area contributed by atoms with Crippen molar-refractivity contribution in [3.63, 3.8) is 0 Å². The first-order chi connectivity index (χ1) is 8.19. The predicted octanol–water partition coefficient (Wildman–Crippen LogP) is 3.97. The smallest absolute Gasteiger partial charge is 0.137 e. The lowest BCUT2D eigenvalue weighted by Crippen LogP contribution is -2.33. The van der Waals surface area contributed by atoms with Crippen LogP contribution in [-0.4, -0.2) is 6.04 Å². The zero-order chi connectivity index (χ0) is 11.9. The van der Waals surface area contributed by atoms with Gasteiger partial charge in [0.25, 0.3) is 0 Å². The molecule has 2 N–H and O–H groups in total. The number of nitrogens with two attached hydrogens (primary N) is 1.